The monoisotopic (exact) mass is 859 g/mol. The fraction of sp³-hybridized carbons (Fsp3) is 0.574. The van der Waals surface area contributed by atoms with Crippen LogP contribution in [0.5, 0.6) is 0 Å². The number of aliphatic hydroxyl groups excluding tert-OH is 2. The van der Waals surface area contributed by atoms with Crippen molar-refractivity contribution in [2.75, 3.05) is 6.61 Å². The average molecular weight is 860 g/mol. The third kappa shape index (κ3) is 7.14. The van der Waals surface area contributed by atoms with Crippen LogP contribution in [-0.4, -0.2) is 111 Å². The predicted molar refractivity (Wildman–Crippen MR) is 219 cm³/mol. The number of hydrogen-bond donors (Lipinski definition) is 4. The summed E-state index contributed by atoms with van der Waals surface area (Å²) in [6.07, 6.45) is -10.1. The van der Waals surface area contributed by atoms with E-state index in [-0.39, 0.29) is 53.6 Å². The first-order valence-corrected chi connectivity index (χ1v) is 21.2. The minimum absolute atomic E-state index is 0.0215. The maximum Gasteiger partial charge on any atom is 0.338 e. The minimum atomic E-state index is -2.37. The molecule has 1 amide bonds. The fourth-order valence-electron chi connectivity index (χ4n) is 10.9. The maximum absolute atomic E-state index is 15.5. The molecule has 2 aromatic rings. The van der Waals surface area contributed by atoms with Crippen LogP contribution in [0.2, 0.25) is 0 Å². The Balaban J connectivity index is 1.51. The smallest absolute Gasteiger partial charge is 0.338 e. The molecular formula is C47H57NO14. The van der Waals surface area contributed by atoms with Crippen molar-refractivity contribution in [3.63, 3.8) is 0 Å². The molecule has 2 saturated carbocycles. The number of esters is 4. The van der Waals surface area contributed by atoms with Gasteiger partial charge in [0.1, 0.15) is 23.9 Å². The highest BCUT2D eigenvalue weighted by Gasteiger charge is 2.78. The van der Waals surface area contributed by atoms with Crippen molar-refractivity contribution in [2.24, 2.45) is 22.7 Å². The third-order valence-electron chi connectivity index (χ3n) is 14.4. The van der Waals surface area contributed by atoms with E-state index in [0.717, 1.165) is 6.92 Å². The van der Waals surface area contributed by atoms with Crippen LogP contribution < -0.4 is 5.32 Å². The summed E-state index contributed by atoms with van der Waals surface area (Å²) in [7, 11) is 0. The van der Waals surface area contributed by atoms with Crippen molar-refractivity contribution in [3.05, 3.63) is 81.9 Å². The molecule has 2 heterocycles. The zero-order valence-electron chi connectivity index (χ0n) is 36.6. The highest BCUT2D eigenvalue weighted by atomic mass is 16.6. The Morgan fingerprint density at radius 2 is 1.56 bits per heavy atom. The first-order valence-electron chi connectivity index (χ1n) is 21.2. The summed E-state index contributed by atoms with van der Waals surface area (Å²) in [5.74, 6) is -7.18. The van der Waals surface area contributed by atoms with Crippen LogP contribution in [-0.2, 0) is 42.9 Å². The second kappa shape index (κ2) is 16.0. The molecule has 0 aromatic heterocycles. The van der Waals surface area contributed by atoms with Crippen molar-refractivity contribution in [2.45, 2.75) is 141 Å². The molecule has 15 heteroatoms. The van der Waals surface area contributed by atoms with Gasteiger partial charge in [-0.2, -0.15) is 0 Å². The fourth-order valence-corrected chi connectivity index (χ4v) is 10.9. The lowest BCUT2D eigenvalue weighted by Crippen LogP contribution is -2.82. The molecule has 7 rings (SSSR count). The van der Waals surface area contributed by atoms with E-state index in [9.17, 15) is 39.3 Å². The molecule has 0 spiro atoms. The SMILES string of the molecule is CC(=O)O[C@H]1C(=O)[C@@]2(C)[C@H]([C@@H]3OC(=O)c4cccc(c4)C(C)c4cccc(c4)C(=O)N[C@@H](CC(C)C)[C@@H](O)C(=O)O[C@H]4C[C@]3(O)C(C)(C)C1=C4C)[C@]1(OC(C)=O)CO[C@@H]1C[C@@H]2O. The number of ketones is 1. The summed E-state index contributed by atoms with van der Waals surface area (Å²) in [6, 6.07) is 12.3. The largest absolute Gasteiger partial charge is 0.456 e. The van der Waals surface area contributed by atoms with Gasteiger partial charge in [-0.15, -0.1) is 0 Å². The van der Waals surface area contributed by atoms with Crippen LogP contribution in [0.1, 0.15) is 119 Å². The number of aliphatic hydroxyl groups is 3. The van der Waals surface area contributed by atoms with E-state index in [4.69, 9.17) is 23.7 Å². The van der Waals surface area contributed by atoms with Crippen LogP contribution in [0.4, 0.5) is 0 Å². The normalized spacial score (nSPS) is 36.8. The van der Waals surface area contributed by atoms with E-state index in [1.165, 1.54) is 19.9 Å². The topological polar surface area (TPSA) is 221 Å². The van der Waals surface area contributed by atoms with Gasteiger partial charge >= 0.3 is 23.9 Å². The molecule has 2 aliphatic heterocycles. The molecule has 2 aromatic carbocycles. The van der Waals surface area contributed by atoms with Gasteiger partial charge in [0.15, 0.2) is 23.6 Å². The van der Waals surface area contributed by atoms with E-state index in [1.807, 2.05) is 26.8 Å². The number of benzene rings is 2. The van der Waals surface area contributed by atoms with Crippen molar-refractivity contribution < 1.29 is 67.8 Å². The number of amides is 1. The molecule has 5 aliphatic rings. The molecule has 3 aliphatic carbocycles. The van der Waals surface area contributed by atoms with E-state index in [0.29, 0.717) is 11.1 Å². The molecule has 4 N–H and O–H groups in total. The molecule has 334 valence electrons. The summed E-state index contributed by atoms with van der Waals surface area (Å²) in [4.78, 5) is 84.5. The van der Waals surface area contributed by atoms with Crippen LogP contribution in [0.25, 0.3) is 0 Å². The van der Waals surface area contributed by atoms with Gasteiger partial charge in [0.2, 0.25) is 0 Å². The summed E-state index contributed by atoms with van der Waals surface area (Å²) < 4.78 is 30.6. The number of carbonyl (C=O) groups excluding carboxylic acids is 6. The lowest BCUT2D eigenvalue weighted by Gasteiger charge is -2.67. The van der Waals surface area contributed by atoms with Crippen LogP contribution in [0.3, 0.4) is 0 Å². The number of ether oxygens (including phenoxy) is 5. The standard InChI is InChI=1S/C47H57NO14/c1-22(2)16-31-36(52)43(56)60-32-20-47(57)40(61-42(55)30-15-11-13-28(18-30)23(3)27-12-10-14-29(17-27)41(54)48-31)38-45(9,33(51)19-34-46(38,21-58-34)62-26(6)50)39(53)37(59-25(5)49)35(24(32)4)44(47,7)8/h10-15,17-18,22-23,31-34,36-38,40,51-52,57H,16,19-21H2,1-9H3,(H,48,54)/t23?,31-,32-,33-,34+,36+,37+,38-,40-,45+,46-,47+/m0/s1. The Bertz CT molecular complexity index is 2230. The molecule has 7 bridgehead atoms. The highest BCUT2D eigenvalue weighted by Crippen LogP contribution is 2.64. The Morgan fingerprint density at radius 1 is 0.935 bits per heavy atom. The van der Waals surface area contributed by atoms with Crippen molar-refractivity contribution in [3.8, 4) is 0 Å². The molecule has 1 unspecified atom stereocenters. The van der Waals surface area contributed by atoms with Crippen molar-refractivity contribution >= 4 is 35.6 Å². The lowest BCUT2D eigenvalue weighted by atomic mass is 9.44. The van der Waals surface area contributed by atoms with Crippen LogP contribution >= 0.6 is 0 Å². The lowest BCUT2D eigenvalue weighted by molar-refractivity contribution is -0.346. The number of rotatable bonds is 4. The second-order valence-electron chi connectivity index (χ2n) is 18.9. The van der Waals surface area contributed by atoms with Gasteiger partial charge in [0.05, 0.1) is 35.6 Å². The average Bonchev–Trinajstić information content (AvgIpc) is 3.20. The van der Waals surface area contributed by atoms with Gasteiger partial charge < -0.3 is 44.3 Å². The van der Waals surface area contributed by atoms with Gasteiger partial charge in [-0.1, -0.05) is 58.9 Å². The summed E-state index contributed by atoms with van der Waals surface area (Å²) in [6.45, 7) is 13.7. The minimum Gasteiger partial charge on any atom is -0.456 e. The second-order valence-corrected chi connectivity index (χ2v) is 18.9. The van der Waals surface area contributed by atoms with E-state index >= 15 is 4.79 Å². The zero-order valence-corrected chi connectivity index (χ0v) is 36.6. The maximum atomic E-state index is 15.5. The Kier molecular flexibility index (Phi) is 11.6. The summed E-state index contributed by atoms with van der Waals surface area (Å²) in [5, 5.41) is 40.4. The summed E-state index contributed by atoms with van der Waals surface area (Å²) >= 11 is 0. The number of hydrogen-bond acceptors (Lipinski definition) is 14. The predicted octanol–water partition coefficient (Wildman–Crippen LogP) is 3.87. The number of Topliss-reactive ketones (excluding diaryl/α,β-unsaturated/α-hetero) is 1. The van der Waals surface area contributed by atoms with Gasteiger partial charge in [-0.25, -0.2) is 9.59 Å². The van der Waals surface area contributed by atoms with Crippen molar-refractivity contribution in [1.29, 1.82) is 0 Å². The quantitative estimate of drug-likeness (QED) is 0.195. The first kappa shape index (κ1) is 45.1. The Morgan fingerprint density at radius 3 is 2.15 bits per heavy atom. The van der Waals surface area contributed by atoms with Gasteiger partial charge in [0, 0.05) is 43.6 Å². The van der Waals surface area contributed by atoms with Gasteiger partial charge in [-0.3, -0.25) is 19.2 Å². The highest BCUT2D eigenvalue weighted by molar-refractivity contribution is 5.96. The van der Waals surface area contributed by atoms with E-state index in [2.05, 4.69) is 5.32 Å². The Hall–Kier alpha value is -4.96. The van der Waals surface area contributed by atoms with Crippen molar-refractivity contribution in [1.82, 2.24) is 5.32 Å². The zero-order chi connectivity index (χ0) is 45.4. The molecule has 0 radical (unpaired) electrons. The Labute approximate surface area is 360 Å². The first-order chi connectivity index (χ1) is 29.0. The number of fused-ring (bicyclic) bond motifs is 10. The molecular weight excluding hydrogens is 803 g/mol. The van der Waals surface area contributed by atoms with Crippen LogP contribution in [0.15, 0.2) is 59.7 Å². The summed E-state index contributed by atoms with van der Waals surface area (Å²) in [5.41, 5.74) is -5.92. The van der Waals surface area contributed by atoms with E-state index in [1.54, 1.807) is 57.2 Å². The number of nitrogens with one attached hydrogen (secondary N) is 1. The van der Waals surface area contributed by atoms with Gasteiger partial charge in [-0.05, 0) is 72.7 Å². The molecule has 1 saturated heterocycles. The van der Waals surface area contributed by atoms with Crippen LogP contribution in [0, 0.1) is 22.7 Å². The third-order valence-corrected chi connectivity index (χ3v) is 14.4. The molecule has 12 atom stereocenters. The van der Waals surface area contributed by atoms with Gasteiger partial charge in [0.25, 0.3) is 5.91 Å². The molecule has 3 fully saturated rings. The molecule has 15 nitrogen and oxygen atoms in total. The van der Waals surface area contributed by atoms with E-state index < -0.39 is 113 Å². The molecule has 62 heavy (non-hydrogen) atoms. The number of carbonyl (C=O) groups is 6.